The molecule has 3 rings (SSSR count). The molecule has 0 amide bonds. The Bertz CT molecular complexity index is 1080. The Morgan fingerprint density at radius 3 is 2.44 bits per heavy atom. The number of aromatic nitrogens is 1. The van der Waals surface area contributed by atoms with E-state index < -0.39 is 6.10 Å². The summed E-state index contributed by atoms with van der Waals surface area (Å²) in [6, 6.07) is 13.8. The minimum Gasteiger partial charge on any atom is -0.491 e. The molecule has 0 fully saturated rings. The third-order valence-electron chi connectivity index (χ3n) is 5.26. The van der Waals surface area contributed by atoms with Gasteiger partial charge in [0.25, 0.3) is 0 Å². The van der Waals surface area contributed by atoms with E-state index in [-0.39, 0.29) is 18.1 Å². The molecule has 6 nitrogen and oxygen atoms in total. The van der Waals surface area contributed by atoms with Gasteiger partial charge < -0.3 is 24.5 Å². The van der Waals surface area contributed by atoms with Gasteiger partial charge in [-0.1, -0.05) is 17.7 Å². The van der Waals surface area contributed by atoms with Gasteiger partial charge in [-0.15, -0.1) is 0 Å². The van der Waals surface area contributed by atoms with Crippen LogP contribution in [0.2, 0.25) is 0 Å². The number of ether oxygens (including phenoxy) is 2. The summed E-state index contributed by atoms with van der Waals surface area (Å²) >= 11 is 0. The van der Waals surface area contributed by atoms with Crippen molar-refractivity contribution in [2.75, 3.05) is 19.8 Å². The van der Waals surface area contributed by atoms with E-state index in [1.165, 1.54) is 5.56 Å². The molecule has 0 aliphatic carbocycles. The second-order valence-corrected chi connectivity index (χ2v) is 9.13. The van der Waals surface area contributed by atoms with E-state index in [4.69, 9.17) is 9.47 Å². The zero-order valence-corrected chi connectivity index (χ0v) is 19.9. The number of aryl methyl sites for hydroxylation is 1. The number of hydrogen-bond donors (Lipinski definition) is 2. The molecule has 0 bridgehead atoms. The monoisotopic (exact) mass is 438 g/mol. The normalized spacial score (nSPS) is 12.7. The van der Waals surface area contributed by atoms with Crippen LogP contribution in [0.1, 0.15) is 49.3 Å². The number of carbonyl (C=O) groups excluding carboxylic acids is 1. The van der Waals surface area contributed by atoms with Crippen LogP contribution in [0.25, 0.3) is 16.6 Å². The largest absolute Gasteiger partial charge is 0.491 e. The summed E-state index contributed by atoms with van der Waals surface area (Å²) in [5.74, 6) is 0.242. The molecule has 0 aliphatic heterocycles. The van der Waals surface area contributed by atoms with Gasteiger partial charge in [0, 0.05) is 28.9 Å². The number of rotatable bonds is 8. The van der Waals surface area contributed by atoms with E-state index in [0.29, 0.717) is 24.5 Å². The Balaban J connectivity index is 1.95. The zero-order chi connectivity index (χ0) is 23.5. The number of esters is 1. The fraction of sp³-hybridized carbons (Fsp3) is 0.423. The van der Waals surface area contributed by atoms with Crippen LogP contribution in [0, 0.1) is 13.8 Å². The molecular formula is C26H34N2O4. The minimum atomic E-state index is -0.645. The lowest BCUT2D eigenvalue weighted by Gasteiger charge is -2.23. The van der Waals surface area contributed by atoms with Crippen LogP contribution < -0.4 is 10.1 Å². The molecule has 2 N–H and O–H groups in total. The molecule has 6 heteroatoms. The number of benzene rings is 2. The Morgan fingerprint density at radius 1 is 1.12 bits per heavy atom. The molecule has 32 heavy (non-hydrogen) atoms. The highest BCUT2D eigenvalue weighted by Gasteiger charge is 2.22. The second kappa shape index (κ2) is 9.76. The lowest BCUT2D eigenvalue weighted by molar-refractivity contribution is 0.0527. The van der Waals surface area contributed by atoms with Crippen LogP contribution in [0.5, 0.6) is 5.75 Å². The van der Waals surface area contributed by atoms with Gasteiger partial charge >= 0.3 is 5.97 Å². The van der Waals surface area contributed by atoms with Gasteiger partial charge in [-0.2, -0.15) is 0 Å². The van der Waals surface area contributed by atoms with Gasteiger partial charge in [-0.25, -0.2) is 4.79 Å². The maximum absolute atomic E-state index is 12.8. The van der Waals surface area contributed by atoms with Crippen molar-refractivity contribution in [2.45, 2.75) is 53.2 Å². The second-order valence-electron chi connectivity index (χ2n) is 9.13. The minimum absolute atomic E-state index is 0.0785. The van der Waals surface area contributed by atoms with Crippen molar-refractivity contribution in [2.24, 2.45) is 0 Å². The fourth-order valence-corrected chi connectivity index (χ4v) is 3.65. The molecular weight excluding hydrogens is 404 g/mol. The summed E-state index contributed by atoms with van der Waals surface area (Å²) in [6.45, 7) is 12.8. The molecule has 0 radical (unpaired) electrons. The van der Waals surface area contributed by atoms with Crippen molar-refractivity contribution in [1.29, 1.82) is 0 Å². The lowest BCUT2D eigenvalue weighted by atomic mass is 10.1. The number of aliphatic hydroxyl groups excluding tert-OH is 1. The summed E-state index contributed by atoms with van der Waals surface area (Å²) in [5.41, 5.74) is 4.31. The standard InChI is InChI=1S/C26H34N2O4/c1-7-31-25(30)24-18(3)28(19-10-8-17(2)9-11-19)23-13-12-21(14-22(23)24)32-16-20(29)15-27-26(4,5)6/h8-14,20,27,29H,7,15-16H2,1-6H3/t20-/m1/s1. The predicted octanol–water partition coefficient (Wildman–Crippen LogP) is 4.55. The maximum atomic E-state index is 12.8. The Labute approximate surface area is 190 Å². The average molecular weight is 439 g/mol. The summed E-state index contributed by atoms with van der Waals surface area (Å²) in [4.78, 5) is 12.8. The molecule has 0 unspecified atom stereocenters. The molecule has 1 aromatic heterocycles. The Hall–Kier alpha value is -2.83. The average Bonchev–Trinajstić information content (AvgIpc) is 3.02. The van der Waals surface area contributed by atoms with Crippen molar-refractivity contribution in [3.05, 3.63) is 59.3 Å². The SMILES string of the molecule is CCOC(=O)c1c(C)n(-c2ccc(C)cc2)c2ccc(OC[C@H](O)CNC(C)(C)C)cc12. The van der Waals surface area contributed by atoms with Gasteiger partial charge in [-0.05, 0) is 71.9 Å². The van der Waals surface area contributed by atoms with Crippen molar-refractivity contribution in [3.63, 3.8) is 0 Å². The summed E-state index contributed by atoms with van der Waals surface area (Å²) in [5, 5.41) is 14.3. The summed E-state index contributed by atoms with van der Waals surface area (Å²) < 4.78 is 13.3. The topological polar surface area (TPSA) is 72.7 Å². The van der Waals surface area contributed by atoms with Gasteiger partial charge in [0.15, 0.2) is 0 Å². The van der Waals surface area contributed by atoms with Crippen LogP contribution in [-0.4, -0.2) is 47.0 Å². The van der Waals surface area contributed by atoms with Crippen molar-refractivity contribution in [3.8, 4) is 11.4 Å². The van der Waals surface area contributed by atoms with E-state index in [0.717, 1.165) is 22.3 Å². The molecule has 3 aromatic rings. The number of β-amino-alcohol motifs (C(OH)–C–C–N with tert-alkyl or cyclic N) is 1. The van der Waals surface area contributed by atoms with Crippen molar-refractivity contribution >= 4 is 16.9 Å². The first-order chi connectivity index (χ1) is 15.1. The van der Waals surface area contributed by atoms with E-state index in [1.807, 2.05) is 65.0 Å². The molecule has 0 saturated carbocycles. The van der Waals surface area contributed by atoms with Crippen LogP contribution in [0.15, 0.2) is 42.5 Å². The Kier molecular flexibility index (Phi) is 7.26. The molecule has 172 valence electrons. The first kappa shape index (κ1) is 23.8. The van der Waals surface area contributed by atoms with Crippen molar-refractivity contribution < 1.29 is 19.4 Å². The van der Waals surface area contributed by atoms with Gasteiger partial charge in [0.05, 0.1) is 17.7 Å². The third-order valence-corrected chi connectivity index (χ3v) is 5.26. The fourth-order valence-electron chi connectivity index (χ4n) is 3.65. The number of aliphatic hydroxyl groups is 1. The van der Waals surface area contributed by atoms with E-state index in [2.05, 4.69) is 22.0 Å². The number of carbonyl (C=O) groups is 1. The van der Waals surface area contributed by atoms with Gasteiger partial charge in [-0.3, -0.25) is 0 Å². The van der Waals surface area contributed by atoms with Crippen molar-refractivity contribution in [1.82, 2.24) is 9.88 Å². The molecule has 1 heterocycles. The molecule has 0 aliphatic rings. The molecule has 0 saturated heterocycles. The first-order valence-electron chi connectivity index (χ1n) is 11.1. The number of hydrogen-bond acceptors (Lipinski definition) is 5. The number of fused-ring (bicyclic) bond motifs is 1. The lowest BCUT2D eigenvalue weighted by Crippen LogP contribution is -2.42. The van der Waals surface area contributed by atoms with Crippen LogP contribution in [0.4, 0.5) is 0 Å². The molecule has 2 aromatic carbocycles. The van der Waals surface area contributed by atoms with Crippen LogP contribution >= 0.6 is 0 Å². The first-order valence-corrected chi connectivity index (χ1v) is 11.1. The smallest absolute Gasteiger partial charge is 0.340 e. The predicted molar refractivity (Wildman–Crippen MR) is 128 cm³/mol. The molecule has 1 atom stereocenters. The number of nitrogens with one attached hydrogen (secondary N) is 1. The van der Waals surface area contributed by atoms with E-state index in [9.17, 15) is 9.90 Å². The highest BCUT2D eigenvalue weighted by Crippen LogP contribution is 2.32. The highest BCUT2D eigenvalue weighted by molar-refractivity contribution is 6.07. The molecule has 0 spiro atoms. The van der Waals surface area contributed by atoms with E-state index in [1.54, 1.807) is 6.92 Å². The van der Waals surface area contributed by atoms with Crippen LogP contribution in [-0.2, 0) is 4.74 Å². The maximum Gasteiger partial charge on any atom is 0.340 e. The highest BCUT2D eigenvalue weighted by atomic mass is 16.5. The zero-order valence-electron chi connectivity index (χ0n) is 19.9. The van der Waals surface area contributed by atoms with E-state index >= 15 is 0 Å². The van der Waals surface area contributed by atoms with Crippen LogP contribution in [0.3, 0.4) is 0 Å². The quantitative estimate of drug-likeness (QED) is 0.505. The summed E-state index contributed by atoms with van der Waals surface area (Å²) in [6.07, 6.45) is -0.645. The van der Waals surface area contributed by atoms with Gasteiger partial charge in [0.1, 0.15) is 18.5 Å². The van der Waals surface area contributed by atoms with Gasteiger partial charge in [0.2, 0.25) is 0 Å². The third kappa shape index (κ3) is 5.50. The summed E-state index contributed by atoms with van der Waals surface area (Å²) in [7, 11) is 0. The Morgan fingerprint density at radius 2 is 1.81 bits per heavy atom. The number of nitrogens with zero attached hydrogens (tertiary/aromatic N) is 1.